The van der Waals surface area contributed by atoms with Gasteiger partial charge in [-0.15, -0.1) is 0 Å². The summed E-state index contributed by atoms with van der Waals surface area (Å²) in [5.41, 5.74) is 0. The van der Waals surface area contributed by atoms with E-state index in [0.717, 1.165) is 17.9 Å². The van der Waals surface area contributed by atoms with E-state index in [0.29, 0.717) is 42.2 Å². The second kappa shape index (κ2) is 8.15. The van der Waals surface area contributed by atoms with Crippen molar-refractivity contribution >= 4 is 23.2 Å². The Kier molecular flexibility index (Phi) is 5.93. The van der Waals surface area contributed by atoms with Crippen molar-refractivity contribution < 1.29 is 18.9 Å². The lowest BCUT2D eigenvalue weighted by Crippen LogP contribution is -2.31. The van der Waals surface area contributed by atoms with E-state index >= 15 is 0 Å². The number of benzene rings is 1. The molecule has 1 aromatic carbocycles. The lowest BCUT2D eigenvalue weighted by molar-refractivity contribution is -0.0509. The highest BCUT2D eigenvalue weighted by molar-refractivity contribution is 6.34. The van der Waals surface area contributed by atoms with Crippen LogP contribution in [0, 0.1) is 5.92 Å². The van der Waals surface area contributed by atoms with Gasteiger partial charge in [0.25, 0.3) is 0 Å². The summed E-state index contributed by atoms with van der Waals surface area (Å²) in [4.78, 5) is 0. The van der Waals surface area contributed by atoms with E-state index < -0.39 is 0 Å². The first-order valence-corrected chi connectivity index (χ1v) is 8.77. The summed E-state index contributed by atoms with van der Waals surface area (Å²) in [6, 6.07) is 5.19. The molecule has 0 bridgehead atoms. The molecule has 1 aromatic rings. The zero-order valence-electron chi connectivity index (χ0n) is 13.5. The van der Waals surface area contributed by atoms with Gasteiger partial charge in [0.05, 0.1) is 18.2 Å². The fourth-order valence-corrected chi connectivity index (χ4v) is 2.94. The molecule has 0 fully saturated rings. The first kappa shape index (κ1) is 17.5. The van der Waals surface area contributed by atoms with Crippen molar-refractivity contribution in [2.75, 3.05) is 26.4 Å². The molecule has 2 aliphatic rings. The van der Waals surface area contributed by atoms with Crippen molar-refractivity contribution in [3.63, 3.8) is 0 Å². The molecule has 1 aliphatic heterocycles. The summed E-state index contributed by atoms with van der Waals surface area (Å²) in [5, 5.41) is 1.15. The van der Waals surface area contributed by atoms with Gasteiger partial charge in [-0.25, -0.2) is 0 Å². The van der Waals surface area contributed by atoms with Crippen molar-refractivity contribution in [2.45, 2.75) is 19.4 Å². The highest BCUT2D eigenvalue weighted by Crippen LogP contribution is 2.32. The maximum absolute atomic E-state index is 6.12. The Hall–Kier alpha value is -1.36. The molecular formula is C18H20Cl2O4. The SMILES string of the molecule is CCOCC1COC2=C(CC(COc3cc(Cl)ccc3Cl)C=C2)O1. The van der Waals surface area contributed by atoms with Crippen LogP contribution in [0.1, 0.15) is 13.3 Å². The molecule has 0 amide bonds. The Morgan fingerprint density at radius 1 is 1.25 bits per heavy atom. The normalized spacial score (nSPS) is 22.6. The van der Waals surface area contributed by atoms with Gasteiger partial charge in [-0.05, 0) is 25.1 Å². The molecule has 0 spiro atoms. The van der Waals surface area contributed by atoms with Crippen molar-refractivity contribution in [3.05, 3.63) is 51.9 Å². The molecule has 0 saturated carbocycles. The van der Waals surface area contributed by atoms with Crippen LogP contribution in [-0.2, 0) is 14.2 Å². The van der Waals surface area contributed by atoms with Gasteiger partial charge in [-0.3, -0.25) is 0 Å². The average molecular weight is 371 g/mol. The lowest BCUT2D eigenvalue weighted by atomic mass is 9.98. The zero-order chi connectivity index (χ0) is 16.9. The van der Waals surface area contributed by atoms with Crippen LogP contribution in [-0.4, -0.2) is 32.5 Å². The second-order valence-electron chi connectivity index (χ2n) is 5.71. The van der Waals surface area contributed by atoms with Crippen molar-refractivity contribution in [1.82, 2.24) is 0 Å². The molecule has 0 saturated heterocycles. The molecule has 130 valence electrons. The van der Waals surface area contributed by atoms with Crippen molar-refractivity contribution in [3.8, 4) is 5.75 Å². The summed E-state index contributed by atoms with van der Waals surface area (Å²) in [6.07, 6.45) is 4.69. The fourth-order valence-electron chi connectivity index (χ4n) is 2.61. The molecule has 0 radical (unpaired) electrons. The first-order valence-electron chi connectivity index (χ1n) is 8.02. The number of hydrogen-bond donors (Lipinski definition) is 0. The molecule has 24 heavy (non-hydrogen) atoms. The maximum atomic E-state index is 6.12. The van der Waals surface area contributed by atoms with Crippen LogP contribution in [0.2, 0.25) is 10.0 Å². The number of halogens is 2. The fraction of sp³-hybridized carbons (Fsp3) is 0.444. The molecule has 4 nitrogen and oxygen atoms in total. The van der Waals surface area contributed by atoms with Gasteiger partial charge in [-0.1, -0.05) is 29.3 Å². The van der Waals surface area contributed by atoms with E-state index in [4.69, 9.17) is 42.1 Å². The number of allylic oxidation sites excluding steroid dienone is 2. The van der Waals surface area contributed by atoms with Crippen LogP contribution in [0.3, 0.4) is 0 Å². The number of hydrogen-bond acceptors (Lipinski definition) is 4. The van der Waals surface area contributed by atoms with E-state index in [1.807, 2.05) is 13.0 Å². The summed E-state index contributed by atoms with van der Waals surface area (Å²) in [5.74, 6) is 2.44. The van der Waals surface area contributed by atoms with Crippen LogP contribution in [0.15, 0.2) is 41.9 Å². The number of rotatable bonds is 6. The molecule has 0 aromatic heterocycles. The standard InChI is InChI=1S/C18H20Cl2O4/c1-2-21-10-14-11-23-16-6-3-12(7-18(16)24-14)9-22-17-8-13(19)4-5-15(17)20/h3-6,8,12,14H,2,7,9-11H2,1H3. The maximum Gasteiger partial charge on any atom is 0.156 e. The van der Waals surface area contributed by atoms with E-state index in [1.165, 1.54) is 0 Å². The predicted octanol–water partition coefficient (Wildman–Crippen LogP) is 4.61. The van der Waals surface area contributed by atoms with E-state index in [1.54, 1.807) is 18.2 Å². The predicted molar refractivity (Wildman–Crippen MR) is 93.5 cm³/mol. The molecule has 6 heteroatoms. The van der Waals surface area contributed by atoms with Gasteiger partial charge >= 0.3 is 0 Å². The third kappa shape index (κ3) is 4.38. The molecule has 2 atom stereocenters. The van der Waals surface area contributed by atoms with Crippen LogP contribution < -0.4 is 4.74 Å². The van der Waals surface area contributed by atoms with Crippen LogP contribution in [0.5, 0.6) is 5.75 Å². The molecule has 1 heterocycles. The lowest BCUT2D eigenvalue weighted by Gasteiger charge is -2.31. The molecular weight excluding hydrogens is 351 g/mol. The van der Waals surface area contributed by atoms with Crippen LogP contribution in [0.25, 0.3) is 0 Å². The van der Waals surface area contributed by atoms with Gasteiger partial charge in [0.2, 0.25) is 0 Å². The molecule has 0 N–H and O–H groups in total. The summed E-state index contributed by atoms with van der Waals surface area (Å²) >= 11 is 12.1. The Morgan fingerprint density at radius 2 is 2.12 bits per heavy atom. The monoisotopic (exact) mass is 370 g/mol. The van der Waals surface area contributed by atoms with Gasteiger partial charge in [0, 0.05) is 30.0 Å². The highest BCUT2D eigenvalue weighted by Gasteiger charge is 2.27. The van der Waals surface area contributed by atoms with E-state index in [9.17, 15) is 0 Å². The van der Waals surface area contributed by atoms with Gasteiger partial charge < -0.3 is 18.9 Å². The Bertz CT molecular complexity index is 642. The Labute approximate surface area is 151 Å². The smallest absolute Gasteiger partial charge is 0.156 e. The first-order chi connectivity index (χ1) is 11.7. The summed E-state index contributed by atoms with van der Waals surface area (Å²) in [6.45, 7) is 4.18. The Balaban J connectivity index is 1.56. The van der Waals surface area contributed by atoms with Crippen molar-refractivity contribution in [1.29, 1.82) is 0 Å². The molecule has 1 aliphatic carbocycles. The number of ether oxygens (including phenoxy) is 4. The summed E-state index contributed by atoms with van der Waals surface area (Å²) in [7, 11) is 0. The minimum Gasteiger partial charge on any atom is -0.491 e. The quantitative estimate of drug-likeness (QED) is 0.732. The van der Waals surface area contributed by atoms with Crippen molar-refractivity contribution in [2.24, 2.45) is 5.92 Å². The van der Waals surface area contributed by atoms with E-state index in [-0.39, 0.29) is 12.0 Å². The minimum absolute atomic E-state index is 0.0563. The van der Waals surface area contributed by atoms with Gasteiger partial charge in [0.15, 0.2) is 11.9 Å². The average Bonchev–Trinajstić information content (AvgIpc) is 2.60. The topological polar surface area (TPSA) is 36.9 Å². The largest absolute Gasteiger partial charge is 0.491 e. The zero-order valence-corrected chi connectivity index (χ0v) is 15.0. The highest BCUT2D eigenvalue weighted by atomic mass is 35.5. The van der Waals surface area contributed by atoms with E-state index in [2.05, 4.69) is 6.08 Å². The Morgan fingerprint density at radius 3 is 2.96 bits per heavy atom. The molecule has 2 unspecified atom stereocenters. The van der Waals surface area contributed by atoms with Gasteiger partial charge in [0.1, 0.15) is 18.1 Å². The second-order valence-corrected chi connectivity index (χ2v) is 6.55. The van der Waals surface area contributed by atoms with Crippen LogP contribution in [0.4, 0.5) is 0 Å². The van der Waals surface area contributed by atoms with Crippen LogP contribution >= 0.6 is 23.2 Å². The third-order valence-corrected chi connectivity index (χ3v) is 4.38. The summed E-state index contributed by atoms with van der Waals surface area (Å²) < 4.78 is 23.0. The van der Waals surface area contributed by atoms with Gasteiger partial charge in [-0.2, -0.15) is 0 Å². The molecule has 3 rings (SSSR count). The third-order valence-electron chi connectivity index (χ3n) is 3.83. The minimum atomic E-state index is -0.0563.